The van der Waals surface area contributed by atoms with E-state index in [2.05, 4.69) is 9.94 Å². The third kappa shape index (κ3) is 1.80. The summed E-state index contributed by atoms with van der Waals surface area (Å²) in [5, 5.41) is 4.24. The van der Waals surface area contributed by atoms with Crippen LogP contribution in [0.3, 0.4) is 0 Å². The smallest absolute Gasteiger partial charge is 0.192 e. The number of aryl methyl sites for hydroxylation is 2. The lowest BCUT2D eigenvalue weighted by molar-refractivity contribution is 0.626. The highest BCUT2D eigenvalue weighted by Crippen LogP contribution is 2.20. The third-order valence-corrected chi connectivity index (χ3v) is 2.25. The van der Waals surface area contributed by atoms with Crippen molar-refractivity contribution in [3.05, 3.63) is 52.9 Å². The molecule has 1 aromatic carbocycles. The Hall–Kier alpha value is -2.15. The number of halogens is 1. The highest BCUT2D eigenvalue weighted by molar-refractivity contribution is 5.52. The van der Waals surface area contributed by atoms with E-state index in [1.165, 1.54) is 12.1 Å². The molecule has 0 saturated carbocycles. The summed E-state index contributed by atoms with van der Waals surface area (Å²) in [7, 11) is 0. The summed E-state index contributed by atoms with van der Waals surface area (Å²) in [6, 6.07) is 6.11. The van der Waals surface area contributed by atoms with E-state index >= 15 is 0 Å². The average Bonchev–Trinajstić information content (AvgIpc) is 2.57. The van der Waals surface area contributed by atoms with Crippen LogP contribution in [0.5, 0.6) is 0 Å². The molecule has 0 aliphatic rings. The second-order valence-electron chi connectivity index (χ2n) is 3.62. The largest absolute Gasteiger partial charge is 0.239 e. The molecule has 0 N–H and O–H groups in total. The predicted molar refractivity (Wildman–Crippen MR) is 59.3 cm³/mol. The average molecular weight is 215 g/mol. The highest BCUT2D eigenvalue weighted by Gasteiger charge is 2.06. The van der Waals surface area contributed by atoms with Gasteiger partial charge in [-0.3, -0.25) is 0 Å². The van der Waals surface area contributed by atoms with E-state index in [1.54, 1.807) is 10.7 Å². The quantitative estimate of drug-likeness (QED) is 0.670. The molecule has 3 nitrogen and oxygen atoms in total. The topological polar surface area (TPSA) is 22.2 Å². The van der Waals surface area contributed by atoms with Gasteiger partial charge in [-0.1, -0.05) is 0 Å². The molecule has 0 saturated heterocycles. The monoisotopic (exact) mass is 215 g/mol. The molecule has 0 fully saturated rings. The molecule has 0 amide bonds. The lowest BCUT2D eigenvalue weighted by Gasteiger charge is -2.05. The van der Waals surface area contributed by atoms with Crippen molar-refractivity contribution >= 4 is 5.69 Å². The zero-order chi connectivity index (χ0) is 11.7. The number of aromatic nitrogens is 2. The summed E-state index contributed by atoms with van der Waals surface area (Å²) in [6.45, 7) is 10.7. The van der Waals surface area contributed by atoms with Crippen LogP contribution in [0.1, 0.15) is 11.4 Å². The van der Waals surface area contributed by atoms with Gasteiger partial charge in [0.15, 0.2) is 5.69 Å². The first-order valence-corrected chi connectivity index (χ1v) is 4.82. The molecule has 0 radical (unpaired) electrons. The molecule has 0 aliphatic carbocycles. The number of hydrogen-bond acceptors (Lipinski definition) is 1. The maximum atomic E-state index is 13.3. The number of rotatable bonds is 1. The van der Waals surface area contributed by atoms with E-state index in [0.717, 1.165) is 11.4 Å². The molecule has 0 aliphatic heterocycles. The van der Waals surface area contributed by atoms with E-state index in [-0.39, 0.29) is 5.69 Å². The van der Waals surface area contributed by atoms with Gasteiger partial charge in [0.2, 0.25) is 0 Å². The van der Waals surface area contributed by atoms with Gasteiger partial charge in [0.05, 0.1) is 18.0 Å². The Morgan fingerprint density at radius 1 is 1.25 bits per heavy atom. The van der Waals surface area contributed by atoms with E-state index < -0.39 is 5.82 Å². The zero-order valence-electron chi connectivity index (χ0n) is 9.03. The minimum absolute atomic E-state index is 0.280. The van der Waals surface area contributed by atoms with Gasteiger partial charge in [-0.05, 0) is 38.1 Å². The van der Waals surface area contributed by atoms with Gasteiger partial charge in [-0.25, -0.2) is 13.9 Å². The summed E-state index contributed by atoms with van der Waals surface area (Å²) in [5.74, 6) is -0.420. The molecule has 1 aromatic heterocycles. The van der Waals surface area contributed by atoms with Crippen LogP contribution in [0.15, 0.2) is 24.3 Å². The van der Waals surface area contributed by atoms with Crippen LogP contribution in [-0.4, -0.2) is 9.78 Å². The summed E-state index contributed by atoms with van der Waals surface area (Å²) in [5.41, 5.74) is 2.64. The maximum Gasteiger partial charge on any atom is 0.192 e. The van der Waals surface area contributed by atoms with Crippen molar-refractivity contribution in [2.75, 3.05) is 0 Å². The Balaban J connectivity index is 2.60. The summed E-state index contributed by atoms with van der Waals surface area (Å²) >= 11 is 0. The molecule has 16 heavy (non-hydrogen) atoms. The van der Waals surface area contributed by atoms with Crippen LogP contribution in [0.25, 0.3) is 10.5 Å². The van der Waals surface area contributed by atoms with Gasteiger partial charge in [-0.15, -0.1) is 0 Å². The Labute approximate surface area is 93.0 Å². The van der Waals surface area contributed by atoms with Crippen molar-refractivity contribution in [1.82, 2.24) is 9.78 Å². The summed E-state index contributed by atoms with van der Waals surface area (Å²) in [4.78, 5) is 3.22. The fourth-order valence-electron chi connectivity index (χ4n) is 1.64. The van der Waals surface area contributed by atoms with Crippen LogP contribution in [0.2, 0.25) is 0 Å². The lowest BCUT2D eigenvalue weighted by Crippen LogP contribution is -1.99. The van der Waals surface area contributed by atoms with Gasteiger partial charge < -0.3 is 0 Å². The van der Waals surface area contributed by atoms with Crippen molar-refractivity contribution < 1.29 is 4.39 Å². The summed E-state index contributed by atoms with van der Waals surface area (Å²) < 4.78 is 14.9. The van der Waals surface area contributed by atoms with Crippen LogP contribution in [0.4, 0.5) is 10.1 Å². The number of benzene rings is 1. The lowest BCUT2D eigenvalue weighted by atomic mass is 10.2. The first-order chi connectivity index (χ1) is 7.60. The Morgan fingerprint density at radius 2 is 2.00 bits per heavy atom. The van der Waals surface area contributed by atoms with Crippen molar-refractivity contribution in [3.8, 4) is 5.69 Å². The van der Waals surface area contributed by atoms with Crippen LogP contribution >= 0.6 is 0 Å². The molecule has 4 heteroatoms. The van der Waals surface area contributed by atoms with Gasteiger partial charge in [0, 0.05) is 5.69 Å². The Morgan fingerprint density at radius 3 is 2.56 bits per heavy atom. The molecule has 2 aromatic rings. The molecule has 1 heterocycles. The van der Waals surface area contributed by atoms with E-state index in [0.29, 0.717) is 5.69 Å². The van der Waals surface area contributed by atoms with E-state index in [4.69, 9.17) is 6.57 Å². The van der Waals surface area contributed by atoms with Gasteiger partial charge in [0.1, 0.15) is 5.82 Å². The second-order valence-corrected chi connectivity index (χ2v) is 3.62. The second kappa shape index (κ2) is 3.78. The predicted octanol–water partition coefficient (Wildman–Crippen LogP) is 3.18. The fourth-order valence-corrected chi connectivity index (χ4v) is 1.64. The highest BCUT2D eigenvalue weighted by atomic mass is 19.1. The Kier molecular flexibility index (Phi) is 2.45. The number of nitrogens with zero attached hydrogens (tertiary/aromatic N) is 3. The first-order valence-electron chi connectivity index (χ1n) is 4.82. The molecule has 2 rings (SSSR count). The number of hydrogen-bond donors (Lipinski definition) is 0. The molecular weight excluding hydrogens is 205 g/mol. The maximum absolute atomic E-state index is 13.3. The Bertz CT molecular complexity index is 578. The molecule has 0 spiro atoms. The molecule has 0 unspecified atom stereocenters. The van der Waals surface area contributed by atoms with Gasteiger partial charge in [-0.2, -0.15) is 5.10 Å². The fraction of sp³-hybridized carbons (Fsp3) is 0.167. The van der Waals surface area contributed by atoms with Crippen LogP contribution in [-0.2, 0) is 0 Å². The molecule has 0 bridgehead atoms. The SMILES string of the molecule is [C-]#[N+]c1cc(F)cc(-n2nc(C)cc2C)c1. The molecular formula is C12H10FN3. The van der Waals surface area contributed by atoms with Gasteiger partial charge in [0.25, 0.3) is 0 Å². The zero-order valence-corrected chi connectivity index (χ0v) is 9.03. The van der Waals surface area contributed by atoms with Gasteiger partial charge >= 0.3 is 0 Å². The van der Waals surface area contributed by atoms with Crippen LogP contribution < -0.4 is 0 Å². The minimum Gasteiger partial charge on any atom is -0.239 e. The molecule has 0 atom stereocenters. The van der Waals surface area contributed by atoms with E-state index in [1.807, 2.05) is 19.9 Å². The van der Waals surface area contributed by atoms with Crippen molar-refractivity contribution in [3.63, 3.8) is 0 Å². The molecule has 80 valence electrons. The van der Waals surface area contributed by atoms with Crippen molar-refractivity contribution in [2.24, 2.45) is 0 Å². The first kappa shape index (κ1) is 10.4. The summed E-state index contributed by atoms with van der Waals surface area (Å²) in [6.07, 6.45) is 0. The minimum atomic E-state index is -0.420. The third-order valence-electron chi connectivity index (χ3n) is 2.25. The normalized spacial score (nSPS) is 10.1. The van der Waals surface area contributed by atoms with E-state index in [9.17, 15) is 4.39 Å². The van der Waals surface area contributed by atoms with Crippen molar-refractivity contribution in [1.29, 1.82) is 0 Å². The standard InChI is InChI=1S/C12H10FN3/c1-8-4-9(2)16(15-8)12-6-10(13)5-11(7-12)14-3/h4-7H,1-2H3. The van der Waals surface area contributed by atoms with Crippen molar-refractivity contribution in [2.45, 2.75) is 13.8 Å². The van der Waals surface area contributed by atoms with Crippen LogP contribution in [0, 0.1) is 26.2 Å².